The molecule has 0 aliphatic rings. The van der Waals surface area contributed by atoms with Crippen LogP contribution in [0.2, 0.25) is 0 Å². The summed E-state index contributed by atoms with van der Waals surface area (Å²) in [5, 5.41) is 0. The van der Waals surface area contributed by atoms with E-state index < -0.39 is 5.97 Å². The summed E-state index contributed by atoms with van der Waals surface area (Å²) in [5.41, 5.74) is 0.416. The Morgan fingerprint density at radius 3 is 2.35 bits per heavy atom. The summed E-state index contributed by atoms with van der Waals surface area (Å²) in [4.78, 5) is 22.8. The van der Waals surface area contributed by atoms with Crippen molar-refractivity contribution in [2.24, 2.45) is 0 Å². The fraction of sp³-hybridized carbons (Fsp3) is 0.692. The molecule has 0 unspecified atom stereocenters. The summed E-state index contributed by atoms with van der Waals surface area (Å²) < 4.78 is 9.89. The van der Waals surface area contributed by atoms with Crippen LogP contribution in [0.5, 0.6) is 0 Å². The topological polar surface area (TPSA) is 52.6 Å². The highest BCUT2D eigenvalue weighted by Gasteiger charge is 2.12. The molecule has 0 heterocycles. The van der Waals surface area contributed by atoms with E-state index in [9.17, 15) is 9.59 Å². The molecule has 0 atom stereocenters. The number of carbonyl (C=O) groups excluding carboxylic acids is 2. The van der Waals surface area contributed by atoms with Crippen LogP contribution in [0, 0.1) is 0 Å². The Labute approximate surface area is 103 Å². The molecule has 0 spiro atoms. The van der Waals surface area contributed by atoms with Crippen molar-refractivity contribution in [3.05, 3.63) is 11.6 Å². The number of unbranched alkanes of at least 4 members (excludes halogenated alkanes) is 1. The standard InChI is InChI=1S/C13H22O4/c1-4-7-9-12(14)17-10-11(8-5-2)13(15)16-6-3/h8H,4-7,9-10H2,1-3H3. The largest absolute Gasteiger partial charge is 0.463 e. The molecule has 0 bridgehead atoms. The number of allylic oxidation sites excluding steroid dienone is 1. The molecule has 4 nitrogen and oxygen atoms in total. The zero-order valence-corrected chi connectivity index (χ0v) is 11.0. The SMILES string of the molecule is CCC=C(COC(=O)CCCC)C(=O)OCC. The molecule has 0 rings (SSSR count). The van der Waals surface area contributed by atoms with E-state index >= 15 is 0 Å². The van der Waals surface area contributed by atoms with Crippen molar-refractivity contribution < 1.29 is 19.1 Å². The van der Waals surface area contributed by atoms with Crippen molar-refractivity contribution in [1.29, 1.82) is 0 Å². The first-order valence-corrected chi connectivity index (χ1v) is 6.17. The summed E-state index contributed by atoms with van der Waals surface area (Å²) in [6.45, 7) is 6.00. The van der Waals surface area contributed by atoms with E-state index in [0.29, 0.717) is 25.0 Å². The number of hydrogen-bond donors (Lipinski definition) is 0. The van der Waals surface area contributed by atoms with E-state index in [1.807, 2.05) is 13.8 Å². The number of esters is 2. The second-order valence-electron chi connectivity index (χ2n) is 3.62. The first kappa shape index (κ1) is 15.7. The van der Waals surface area contributed by atoms with E-state index in [-0.39, 0.29) is 12.6 Å². The lowest BCUT2D eigenvalue weighted by Gasteiger charge is -2.08. The number of carbonyl (C=O) groups is 2. The summed E-state index contributed by atoms with van der Waals surface area (Å²) in [7, 11) is 0. The normalized spacial score (nSPS) is 11.1. The lowest BCUT2D eigenvalue weighted by molar-refractivity contribution is -0.144. The summed E-state index contributed by atoms with van der Waals surface area (Å²) >= 11 is 0. The zero-order valence-electron chi connectivity index (χ0n) is 11.0. The van der Waals surface area contributed by atoms with Crippen LogP contribution in [0.15, 0.2) is 11.6 Å². The highest BCUT2D eigenvalue weighted by atomic mass is 16.5. The van der Waals surface area contributed by atoms with Gasteiger partial charge in [-0.25, -0.2) is 4.79 Å². The Morgan fingerprint density at radius 2 is 1.82 bits per heavy atom. The van der Waals surface area contributed by atoms with E-state index in [1.165, 1.54) is 0 Å². The molecule has 0 aromatic heterocycles. The molecular formula is C13H22O4. The van der Waals surface area contributed by atoms with Crippen molar-refractivity contribution >= 4 is 11.9 Å². The van der Waals surface area contributed by atoms with Gasteiger partial charge in [-0.05, 0) is 19.8 Å². The molecule has 0 aliphatic heterocycles. The maximum absolute atomic E-state index is 11.5. The highest BCUT2D eigenvalue weighted by Crippen LogP contribution is 2.04. The van der Waals surface area contributed by atoms with Crippen LogP contribution in [0.3, 0.4) is 0 Å². The molecule has 0 saturated carbocycles. The molecule has 0 saturated heterocycles. The van der Waals surface area contributed by atoms with E-state index in [4.69, 9.17) is 9.47 Å². The van der Waals surface area contributed by atoms with Crippen molar-refractivity contribution in [2.45, 2.75) is 46.5 Å². The number of rotatable bonds is 8. The molecular weight excluding hydrogens is 220 g/mol. The zero-order chi connectivity index (χ0) is 13.1. The Hall–Kier alpha value is -1.32. The highest BCUT2D eigenvalue weighted by molar-refractivity contribution is 5.89. The molecule has 4 heteroatoms. The smallest absolute Gasteiger partial charge is 0.337 e. The van der Waals surface area contributed by atoms with Gasteiger partial charge in [0.15, 0.2) is 0 Å². The third-order valence-electron chi connectivity index (χ3n) is 2.11. The van der Waals surface area contributed by atoms with Gasteiger partial charge in [-0.1, -0.05) is 26.3 Å². The van der Waals surface area contributed by atoms with Gasteiger partial charge in [0.2, 0.25) is 0 Å². The summed E-state index contributed by atoms with van der Waals surface area (Å²) in [6, 6.07) is 0. The molecule has 0 aromatic carbocycles. The van der Waals surface area contributed by atoms with Crippen LogP contribution in [0.1, 0.15) is 46.5 Å². The van der Waals surface area contributed by atoms with Crippen LogP contribution in [-0.2, 0) is 19.1 Å². The van der Waals surface area contributed by atoms with Gasteiger partial charge in [0.25, 0.3) is 0 Å². The second kappa shape index (κ2) is 9.87. The van der Waals surface area contributed by atoms with Crippen molar-refractivity contribution in [3.63, 3.8) is 0 Å². The molecule has 98 valence electrons. The second-order valence-corrected chi connectivity index (χ2v) is 3.62. The monoisotopic (exact) mass is 242 g/mol. The minimum Gasteiger partial charge on any atom is -0.463 e. The van der Waals surface area contributed by atoms with Gasteiger partial charge < -0.3 is 9.47 Å². The van der Waals surface area contributed by atoms with Crippen LogP contribution in [0.4, 0.5) is 0 Å². The quantitative estimate of drug-likeness (QED) is 0.485. The number of ether oxygens (including phenoxy) is 2. The molecule has 0 aliphatic carbocycles. The van der Waals surface area contributed by atoms with Crippen molar-refractivity contribution in [2.75, 3.05) is 13.2 Å². The van der Waals surface area contributed by atoms with E-state index in [0.717, 1.165) is 12.8 Å². The summed E-state index contributed by atoms with van der Waals surface area (Å²) in [5.74, 6) is -0.671. The van der Waals surface area contributed by atoms with E-state index in [2.05, 4.69) is 0 Å². The molecule has 0 aromatic rings. The van der Waals surface area contributed by atoms with E-state index in [1.54, 1.807) is 13.0 Å². The van der Waals surface area contributed by atoms with Gasteiger partial charge in [-0.3, -0.25) is 4.79 Å². The minimum absolute atomic E-state index is 0.00915. The first-order chi connectivity index (χ1) is 8.15. The maximum atomic E-state index is 11.5. The van der Waals surface area contributed by atoms with Gasteiger partial charge in [0.1, 0.15) is 6.61 Å². The van der Waals surface area contributed by atoms with Gasteiger partial charge in [-0.2, -0.15) is 0 Å². The molecule has 17 heavy (non-hydrogen) atoms. The average Bonchev–Trinajstić information content (AvgIpc) is 2.32. The first-order valence-electron chi connectivity index (χ1n) is 6.17. The van der Waals surface area contributed by atoms with Crippen LogP contribution in [-0.4, -0.2) is 25.2 Å². The minimum atomic E-state index is -0.405. The third-order valence-corrected chi connectivity index (χ3v) is 2.11. The fourth-order valence-electron chi connectivity index (χ4n) is 1.22. The maximum Gasteiger partial charge on any atom is 0.337 e. The Kier molecular flexibility index (Phi) is 9.11. The predicted molar refractivity (Wildman–Crippen MR) is 65.5 cm³/mol. The Bertz CT molecular complexity index is 269. The summed E-state index contributed by atoms with van der Waals surface area (Å²) in [6.07, 6.45) is 4.60. The van der Waals surface area contributed by atoms with Gasteiger partial charge >= 0.3 is 11.9 Å². The van der Waals surface area contributed by atoms with Crippen LogP contribution >= 0.6 is 0 Å². The molecule has 0 amide bonds. The fourth-order valence-corrected chi connectivity index (χ4v) is 1.22. The lowest BCUT2D eigenvalue weighted by atomic mass is 10.2. The molecule has 0 fully saturated rings. The van der Waals surface area contributed by atoms with Gasteiger partial charge in [0, 0.05) is 6.42 Å². The third kappa shape index (κ3) is 7.55. The van der Waals surface area contributed by atoms with Crippen LogP contribution in [0.25, 0.3) is 0 Å². The molecule has 0 radical (unpaired) electrons. The Balaban J connectivity index is 4.14. The number of hydrogen-bond acceptors (Lipinski definition) is 4. The van der Waals surface area contributed by atoms with Crippen molar-refractivity contribution in [1.82, 2.24) is 0 Å². The molecule has 0 N–H and O–H groups in total. The Morgan fingerprint density at radius 1 is 1.12 bits per heavy atom. The lowest BCUT2D eigenvalue weighted by Crippen LogP contribution is -2.15. The van der Waals surface area contributed by atoms with Crippen molar-refractivity contribution in [3.8, 4) is 0 Å². The average molecular weight is 242 g/mol. The van der Waals surface area contributed by atoms with Gasteiger partial charge in [0.05, 0.1) is 12.2 Å². The predicted octanol–water partition coefficient (Wildman–Crippen LogP) is 2.62. The van der Waals surface area contributed by atoms with Crippen LogP contribution < -0.4 is 0 Å². The van der Waals surface area contributed by atoms with Gasteiger partial charge in [-0.15, -0.1) is 0 Å².